The van der Waals surface area contributed by atoms with Gasteiger partial charge in [0.05, 0.1) is 23.4 Å². The van der Waals surface area contributed by atoms with Crippen LogP contribution in [-0.2, 0) is 9.53 Å². The van der Waals surface area contributed by atoms with Crippen LogP contribution in [0.4, 0.5) is 8.78 Å². The van der Waals surface area contributed by atoms with Gasteiger partial charge in [0, 0.05) is 29.7 Å². The molecule has 3 aromatic rings. The molecule has 4 rings (SSSR count). The van der Waals surface area contributed by atoms with E-state index in [1.165, 1.54) is 24.3 Å². The summed E-state index contributed by atoms with van der Waals surface area (Å²) in [5.41, 5.74) is 1.64. The third kappa shape index (κ3) is 5.03. The number of aliphatic hydroxyl groups is 1. The summed E-state index contributed by atoms with van der Waals surface area (Å²) >= 11 is 0. The van der Waals surface area contributed by atoms with E-state index >= 15 is 0 Å². The molecule has 0 amide bonds. The average molecular weight is 453 g/mol. The Bertz CT molecular complexity index is 1180. The molecule has 1 aliphatic heterocycles. The monoisotopic (exact) mass is 452 g/mol. The van der Waals surface area contributed by atoms with Crippen LogP contribution < -0.4 is 0 Å². The van der Waals surface area contributed by atoms with E-state index in [1.807, 2.05) is 18.4 Å². The molecule has 7 heteroatoms. The van der Waals surface area contributed by atoms with Crippen LogP contribution in [-0.4, -0.2) is 32.3 Å². The highest BCUT2D eigenvalue weighted by atomic mass is 19.1. The highest BCUT2D eigenvalue weighted by Gasteiger charge is 2.35. The van der Waals surface area contributed by atoms with Crippen molar-refractivity contribution in [3.63, 3.8) is 0 Å². The normalized spacial score (nSPS) is 21.1. The standard InChI is InChI=1S/C26H26F2N2O3/c1-16(2)25-29-23(17-4-8-19(27)9-5-17)24(18-6-10-20(28)11-7-18)30(25)13-12-21-14-26(3,32)15-22(31)33-21/h4-13,16,21,32H,14-15H2,1-3H3/b13-12-. The number of nitrogens with zero attached hydrogens (tertiary/aromatic N) is 2. The maximum atomic E-state index is 13.7. The molecule has 1 aliphatic rings. The van der Waals surface area contributed by atoms with Crippen LogP contribution in [0.1, 0.15) is 45.4 Å². The van der Waals surface area contributed by atoms with E-state index in [2.05, 4.69) is 0 Å². The number of aromatic nitrogens is 2. The summed E-state index contributed by atoms with van der Waals surface area (Å²) in [7, 11) is 0. The smallest absolute Gasteiger partial charge is 0.309 e. The Kier molecular flexibility index (Phi) is 6.17. The van der Waals surface area contributed by atoms with E-state index in [9.17, 15) is 18.7 Å². The lowest BCUT2D eigenvalue weighted by atomic mass is 9.92. The van der Waals surface area contributed by atoms with Gasteiger partial charge in [-0.15, -0.1) is 0 Å². The van der Waals surface area contributed by atoms with Crippen LogP contribution in [0.25, 0.3) is 28.7 Å². The minimum atomic E-state index is -1.14. The molecule has 2 aromatic carbocycles. The molecule has 5 nitrogen and oxygen atoms in total. The Morgan fingerprint density at radius 1 is 1.09 bits per heavy atom. The molecule has 33 heavy (non-hydrogen) atoms. The summed E-state index contributed by atoms with van der Waals surface area (Å²) < 4.78 is 34.5. The molecular weight excluding hydrogens is 426 g/mol. The van der Waals surface area contributed by atoms with Crippen molar-refractivity contribution in [2.45, 2.75) is 51.2 Å². The molecule has 0 saturated carbocycles. The molecule has 172 valence electrons. The molecule has 2 unspecified atom stereocenters. The summed E-state index contributed by atoms with van der Waals surface area (Å²) in [6.45, 7) is 5.61. The van der Waals surface area contributed by atoms with Crippen molar-refractivity contribution in [3.8, 4) is 22.5 Å². The molecule has 0 spiro atoms. The highest BCUT2D eigenvalue weighted by Crippen LogP contribution is 2.36. The second-order valence-corrected chi connectivity index (χ2v) is 8.95. The summed E-state index contributed by atoms with van der Waals surface area (Å²) in [5.74, 6) is -0.402. The maximum Gasteiger partial charge on any atom is 0.309 e. The van der Waals surface area contributed by atoms with Crippen LogP contribution >= 0.6 is 0 Å². The Balaban J connectivity index is 1.86. The number of hydrogen-bond acceptors (Lipinski definition) is 4. The summed E-state index contributed by atoms with van der Waals surface area (Å²) in [5, 5.41) is 10.4. The number of carbonyl (C=O) groups is 1. The summed E-state index contributed by atoms with van der Waals surface area (Å²) in [6.07, 6.45) is 3.12. The highest BCUT2D eigenvalue weighted by molar-refractivity contribution is 5.81. The number of cyclic esters (lactones) is 1. The predicted octanol–water partition coefficient (Wildman–Crippen LogP) is 5.55. The maximum absolute atomic E-state index is 13.7. The van der Waals surface area contributed by atoms with Crippen molar-refractivity contribution in [1.82, 2.24) is 9.55 Å². The lowest BCUT2D eigenvalue weighted by Gasteiger charge is -2.31. The quantitative estimate of drug-likeness (QED) is 0.516. The van der Waals surface area contributed by atoms with E-state index in [4.69, 9.17) is 9.72 Å². The summed E-state index contributed by atoms with van der Waals surface area (Å²) in [4.78, 5) is 16.8. The first kappa shape index (κ1) is 22.9. The zero-order chi connectivity index (χ0) is 23.8. The molecule has 2 heterocycles. The average Bonchev–Trinajstić information content (AvgIpc) is 3.12. The van der Waals surface area contributed by atoms with Crippen molar-refractivity contribution in [2.75, 3.05) is 0 Å². The lowest BCUT2D eigenvalue weighted by molar-refractivity contribution is -0.163. The SMILES string of the molecule is CC(C)c1nc(-c2ccc(F)cc2)c(-c2ccc(F)cc2)n1/C=C\C1CC(C)(O)CC(=O)O1. The van der Waals surface area contributed by atoms with Crippen molar-refractivity contribution >= 4 is 12.2 Å². The van der Waals surface area contributed by atoms with Crippen LogP contribution in [0, 0.1) is 11.6 Å². The van der Waals surface area contributed by atoms with Gasteiger partial charge >= 0.3 is 5.97 Å². The fourth-order valence-electron chi connectivity index (χ4n) is 4.06. The molecule has 0 bridgehead atoms. The van der Waals surface area contributed by atoms with Gasteiger partial charge in [-0.3, -0.25) is 4.79 Å². The topological polar surface area (TPSA) is 64.3 Å². The zero-order valence-corrected chi connectivity index (χ0v) is 18.8. The van der Waals surface area contributed by atoms with E-state index in [0.717, 1.165) is 17.0 Å². The minimum absolute atomic E-state index is 0.0278. The van der Waals surface area contributed by atoms with Crippen LogP contribution in [0.2, 0.25) is 0 Å². The third-order valence-corrected chi connectivity index (χ3v) is 5.59. The second kappa shape index (κ2) is 8.90. The number of ether oxygens (including phenoxy) is 1. The van der Waals surface area contributed by atoms with Crippen LogP contribution in [0.15, 0.2) is 54.6 Å². The number of halogens is 2. The Morgan fingerprint density at radius 3 is 2.21 bits per heavy atom. The van der Waals surface area contributed by atoms with Crippen molar-refractivity contribution in [2.24, 2.45) is 0 Å². The molecular formula is C26H26F2N2O3. The van der Waals surface area contributed by atoms with E-state index < -0.39 is 17.7 Å². The van der Waals surface area contributed by atoms with E-state index in [0.29, 0.717) is 11.4 Å². The Morgan fingerprint density at radius 2 is 1.67 bits per heavy atom. The molecule has 0 radical (unpaired) electrons. The number of imidazole rings is 1. The first-order valence-electron chi connectivity index (χ1n) is 10.9. The van der Waals surface area contributed by atoms with Gasteiger partial charge in [-0.05, 0) is 61.5 Å². The number of benzene rings is 2. The molecule has 0 aliphatic carbocycles. The number of esters is 1. The van der Waals surface area contributed by atoms with Crippen molar-refractivity contribution < 1.29 is 23.4 Å². The molecule has 1 aromatic heterocycles. The van der Waals surface area contributed by atoms with Crippen molar-refractivity contribution in [1.29, 1.82) is 0 Å². The fourth-order valence-corrected chi connectivity index (χ4v) is 4.06. The molecule has 1 fully saturated rings. The van der Waals surface area contributed by atoms with Gasteiger partial charge in [-0.1, -0.05) is 13.8 Å². The molecule has 1 saturated heterocycles. The number of hydrogen-bond donors (Lipinski definition) is 1. The molecule has 1 N–H and O–H groups in total. The number of rotatable bonds is 5. The zero-order valence-electron chi connectivity index (χ0n) is 18.8. The van der Waals surface area contributed by atoms with Gasteiger partial charge in [-0.2, -0.15) is 0 Å². The van der Waals surface area contributed by atoms with Gasteiger partial charge in [0.1, 0.15) is 23.6 Å². The Labute approximate surface area is 191 Å². The van der Waals surface area contributed by atoms with Crippen LogP contribution in [0.5, 0.6) is 0 Å². The van der Waals surface area contributed by atoms with Crippen molar-refractivity contribution in [3.05, 3.63) is 72.1 Å². The Hall–Kier alpha value is -3.32. The van der Waals surface area contributed by atoms with E-state index in [1.54, 1.807) is 43.5 Å². The van der Waals surface area contributed by atoms with Gasteiger partial charge in [-0.25, -0.2) is 13.8 Å². The van der Waals surface area contributed by atoms with Gasteiger partial charge < -0.3 is 14.4 Å². The first-order valence-corrected chi connectivity index (χ1v) is 10.9. The minimum Gasteiger partial charge on any atom is -0.458 e. The number of carbonyl (C=O) groups excluding carboxylic acids is 1. The van der Waals surface area contributed by atoms with Gasteiger partial charge in [0.15, 0.2) is 0 Å². The van der Waals surface area contributed by atoms with Gasteiger partial charge in [0.2, 0.25) is 0 Å². The largest absolute Gasteiger partial charge is 0.458 e. The third-order valence-electron chi connectivity index (χ3n) is 5.59. The second-order valence-electron chi connectivity index (χ2n) is 8.95. The molecule has 2 atom stereocenters. The van der Waals surface area contributed by atoms with Gasteiger partial charge in [0.25, 0.3) is 0 Å². The lowest BCUT2D eigenvalue weighted by Crippen LogP contribution is -2.40. The van der Waals surface area contributed by atoms with E-state index in [-0.39, 0.29) is 30.4 Å². The fraction of sp³-hybridized carbons (Fsp3) is 0.308. The summed E-state index contributed by atoms with van der Waals surface area (Å²) in [6, 6.07) is 12.1. The first-order chi connectivity index (χ1) is 15.6. The van der Waals surface area contributed by atoms with Crippen LogP contribution in [0.3, 0.4) is 0 Å². The predicted molar refractivity (Wildman–Crippen MR) is 122 cm³/mol.